The third-order valence-electron chi connectivity index (χ3n) is 7.34. The van der Waals surface area contributed by atoms with Gasteiger partial charge < -0.3 is 14.5 Å². The van der Waals surface area contributed by atoms with Crippen molar-refractivity contribution >= 4 is 17.5 Å². The number of alkyl halides is 3. The van der Waals surface area contributed by atoms with Crippen LogP contribution in [0.2, 0.25) is 0 Å². The molecule has 0 saturated carbocycles. The molecule has 0 N–H and O–H groups in total. The first kappa shape index (κ1) is 31.1. The lowest BCUT2D eigenvalue weighted by Gasteiger charge is -2.32. The van der Waals surface area contributed by atoms with Gasteiger partial charge in [0.15, 0.2) is 6.61 Å². The van der Waals surface area contributed by atoms with Crippen LogP contribution in [0.4, 0.5) is 18.9 Å². The average molecular weight is 582 g/mol. The summed E-state index contributed by atoms with van der Waals surface area (Å²) < 4.78 is 44.8. The summed E-state index contributed by atoms with van der Waals surface area (Å²) in [6.07, 6.45) is -4.84. The summed E-state index contributed by atoms with van der Waals surface area (Å²) in [5.41, 5.74) is 3.41. The Hall–Kier alpha value is -3.85. The third kappa shape index (κ3) is 9.34. The number of rotatable bonds is 7. The minimum atomic E-state index is -4.41. The monoisotopic (exact) mass is 581 g/mol. The summed E-state index contributed by atoms with van der Waals surface area (Å²) in [6, 6.07) is 24.8. The lowest BCUT2D eigenvalue weighted by Crippen LogP contribution is -2.41. The van der Waals surface area contributed by atoms with Crippen molar-refractivity contribution in [1.29, 1.82) is 0 Å². The van der Waals surface area contributed by atoms with Crippen LogP contribution in [0.5, 0.6) is 5.75 Å². The minimum Gasteiger partial charge on any atom is -0.484 e. The van der Waals surface area contributed by atoms with Crippen LogP contribution in [0.3, 0.4) is 0 Å². The molecule has 0 saturated heterocycles. The van der Waals surface area contributed by atoms with Gasteiger partial charge in [0.25, 0.3) is 5.91 Å². The Morgan fingerprint density at radius 1 is 0.810 bits per heavy atom. The predicted octanol–water partition coefficient (Wildman–Crippen LogP) is 6.37. The van der Waals surface area contributed by atoms with E-state index in [1.54, 1.807) is 17.0 Å². The van der Waals surface area contributed by atoms with E-state index in [1.165, 1.54) is 4.90 Å². The fraction of sp³-hybridized carbons (Fsp3) is 0.394. The molecule has 0 spiro atoms. The van der Waals surface area contributed by atoms with Gasteiger partial charge in [-0.3, -0.25) is 14.5 Å². The normalized spacial score (nSPS) is 15.3. The topological polar surface area (TPSA) is 53.1 Å². The minimum absolute atomic E-state index is 0.121. The molecule has 42 heavy (non-hydrogen) atoms. The van der Waals surface area contributed by atoms with Gasteiger partial charge in [-0.2, -0.15) is 13.2 Å². The zero-order valence-corrected chi connectivity index (χ0v) is 24.0. The molecule has 0 aliphatic carbocycles. The fourth-order valence-corrected chi connectivity index (χ4v) is 5.29. The summed E-state index contributed by atoms with van der Waals surface area (Å²) >= 11 is 0. The number of ether oxygens (including phenoxy) is 1. The standard InChI is InChI=1S/C33H38F3N3O3/c1-26-11-8-14-28-24-38(30(40)17-18-33(34,35)36)21-9-19-37(23-27-12-4-2-5-13-27)20-10-22-39(32(26)28)31(41)25-42-29-15-6-3-7-16-29/h2-8,11-16H,9-10,17-25H2,1H3. The molecule has 1 aliphatic rings. The van der Waals surface area contributed by atoms with E-state index in [0.29, 0.717) is 57.0 Å². The van der Waals surface area contributed by atoms with Crippen molar-refractivity contribution in [2.45, 2.75) is 51.9 Å². The molecule has 0 fully saturated rings. The van der Waals surface area contributed by atoms with Crippen molar-refractivity contribution in [1.82, 2.24) is 9.80 Å². The highest BCUT2D eigenvalue weighted by atomic mass is 19.4. The molecular formula is C33H38F3N3O3. The Balaban J connectivity index is 1.62. The first-order valence-electron chi connectivity index (χ1n) is 14.4. The number of para-hydroxylation sites is 2. The highest BCUT2D eigenvalue weighted by molar-refractivity contribution is 5.96. The highest BCUT2D eigenvalue weighted by Gasteiger charge is 2.30. The maximum atomic E-state index is 13.7. The summed E-state index contributed by atoms with van der Waals surface area (Å²) in [5.74, 6) is -0.187. The molecule has 9 heteroatoms. The van der Waals surface area contributed by atoms with Gasteiger partial charge in [-0.1, -0.05) is 66.7 Å². The number of nitrogens with zero attached hydrogens (tertiary/aromatic N) is 3. The molecule has 0 aromatic heterocycles. The molecule has 6 nitrogen and oxygen atoms in total. The summed E-state index contributed by atoms with van der Waals surface area (Å²) in [4.78, 5) is 32.3. The van der Waals surface area contributed by atoms with Crippen LogP contribution in [0.1, 0.15) is 42.4 Å². The molecule has 0 bridgehead atoms. The van der Waals surface area contributed by atoms with Crippen LogP contribution in [0, 0.1) is 6.92 Å². The van der Waals surface area contributed by atoms with Gasteiger partial charge in [-0.05, 0) is 48.6 Å². The van der Waals surface area contributed by atoms with Gasteiger partial charge in [0.2, 0.25) is 5.91 Å². The maximum Gasteiger partial charge on any atom is 0.389 e. The average Bonchev–Trinajstić information content (AvgIpc) is 2.97. The number of aryl methyl sites for hydroxylation is 1. The zero-order valence-electron chi connectivity index (χ0n) is 24.0. The number of amides is 2. The second-order valence-electron chi connectivity index (χ2n) is 10.6. The third-order valence-corrected chi connectivity index (χ3v) is 7.34. The molecule has 224 valence electrons. The van der Waals surface area contributed by atoms with Crippen molar-refractivity contribution in [3.8, 4) is 5.75 Å². The van der Waals surface area contributed by atoms with Crippen LogP contribution in [-0.4, -0.2) is 60.6 Å². The number of hydrogen-bond donors (Lipinski definition) is 0. The molecule has 4 rings (SSSR count). The van der Waals surface area contributed by atoms with Crippen LogP contribution in [-0.2, 0) is 22.7 Å². The highest BCUT2D eigenvalue weighted by Crippen LogP contribution is 2.29. The number of halogens is 3. The van der Waals surface area contributed by atoms with E-state index in [0.717, 1.165) is 16.7 Å². The lowest BCUT2D eigenvalue weighted by atomic mass is 10.0. The maximum absolute atomic E-state index is 13.7. The van der Waals surface area contributed by atoms with E-state index in [9.17, 15) is 22.8 Å². The number of benzene rings is 3. The fourth-order valence-electron chi connectivity index (χ4n) is 5.29. The first-order chi connectivity index (χ1) is 20.2. The van der Waals surface area contributed by atoms with E-state index < -0.39 is 24.9 Å². The Labute approximate surface area is 245 Å². The SMILES string of the molecule is Cc1cccc2c1N(C(=O)COc1ccccc1)CCCN(Cc1ccccc1)CCCN(C(=O)CCC(F)(F)F)C2. The molecule has 0 radical (unpaired) electrons. The number of fused-ring (bicyclic) bond motifs is 1. The lowest BCUT2D eigenvalue weighted by molar-refractivity contribution is -0.149. The molecule has 0 atom stereocenters. The Morgan fingerprint density at radius 3 is 2.17 bits per heavy atom. The summed E-state index contributed by atoms with van der Waals surface area (Å²) in [5, 5.41) is 0. The van der Waals surface area contributed by atoms with E-state index in [-0.39, 0.29) is 19.1 Å². The molecule has 2 amide bonds. The van der Waals surface area contributed by atoms with Crippen molar-refractivity contribution in [3.63, 3.8) is 0 Å². The van der Waals surface area contributed by atoms with E-state index in [1.807, 2.05) is 61.5 Å². The number of carbonyl (C=O) groups is 2. The van der Waals surface area contributed by atoms with Crippen molar-refractivity contribution in [2.75, 3.05) is 37.7 Å². The van der Waals surface area contributed by atoms with Gasteiger partial charge >= 0.3 is 6.18 Å². The van der Waals surface area contributed by atoms with Crippen molar-refractivity contribution < 1.29 is 27.5 Å². The smallest absolute Gasteiger partial charge is 0.389 e. The van der Waals surface area contributed by atoms with Crippen molar-refractivity contribution in [3.05, 3.63) is 95.6 Å². The van der Waals surface area contributed by atoms with Crippen LogP contribution in [0.25, 0.3) is 0 Å². The predicted molar refractivity (Wildman–Crippen MR) is 157 cm³/mol. The molecule has 1 heterocycles. The van der Waals surface area contributed by atoms with E-state index in [2.05, 4.69) is 17.0 Å². The molecule has 0 unspecified atom stereocenters. The van der Waals surface area contributed by atoms with Gasteiger partial charge in [0, 0.05) is 45.7 Å². The van der Waals surface area contributed by atoms with Gasteiger partial charge in [-0.15, -0.1) is 0 Å². The summed E-state index contributed by atoms with van der Waals surface area (Å²) in [7, 11) is 0. The second-order valence-corrected chi connectivity index (χ2v) is 10.6. The Kier molecular flexibility index (Phi) is 11.0. The molecule has 3 aromatic carbocycles. The summed E-state index contributed by atoms with van der Waals surface area (Å²) in [6.45, 7) is 4.69. The van der Waals surface area contributed by atoms with Gasteiger partial charge in [0.1, 0.15) is 5.75 Å². The van der Waals surface area contributed by atoms with Crippen LogP contribution < -0.4 is 9.64 Å². The van der Waals surface area contributed by atoms with E-state index >= 15 is 0 Å². The number of carbonyl (C=O) groups excluding carboxylic acids is 2. The van der Waals surface area contributed by atoms with Crippen LogP contribution >= 0.6 is 0 Å². The van der Waals surface area contributed by atoms with Crippen LogP contribution in [0.15, 0.2) is 78.9 Å². The number of hydrogen-bond acceptors (Lipinski definition) is 4. The largest absolute Gasteiger partial charge is 0.484 e. The Bertz CT molecular complexity index is 1300. The second kappa shape index (κ2) is 14.9. The molecule has 3 aromatic rings. The first-order valence-corrected chi connectivity index (χ1v) is 14.4. The number of anilines is 1. The quantitative estimate of drug-likeness (QED) is 0.325. The molecular weight excluding hydrogens is 543 g/mol. The molecule has 1 aliphatic heterocycles. The Morgan fingerprint density at radius 2 is 1.48 bits per heavy atom. The van der Waals surface area contributed by atoms with E-state index in [4.69, 9.17) is 4.74 Å². The van der Waals surface area contributed by atoms with Gasteiger partial charge in [0.05, 0.1) is 12.1 Å². The van der Waals surface area contributed by atoms with Gasteiger partial charge in [-0.25, -0.2) is 0 Å². The zero-order chi connectivity index (χ0) is 30.0. The van der Waals surface area contributed by atoms with Crippen molar-refractivity contribution in [2.24, 2.45) is 0 Å².